The van der Waals surface area contributed by atoms with Crippen molar-refractivity contribution in [1.82, 2.24) is 0 Å². The summed E-state index contributed by atoms with van der Waals surface area (Å²) in [5, 5.41) is 10.6. The molecule has 9 nitrogen and oxygen atoms in total. The molecular formula is C30H38O9. The van der Waals surface area contributed by atoms with Gasteiger partial charge >= 0.3 is 11.9 Å². The molecule has 39 heavy (non-hydrogen) atoms. The summed E-state index contributed by atoms with van der Waals surface area (Å²) >= 11 is 0. The van der Waals surface area contributed by atoms with Gasteiger partial charge in [0.05, 0.1) is 12.2 Å². The highest BCUT2D eigenvalue weighted by atomic mass is 16.7. The highest BCUT2D eigenvalue weighted by molar-refractivity contribution is 5.83. The van der Waals surface area contributed by atoms with Crippen LogP contribution in [0.3, 0.4) is 0 Å². The largest absolute Gasteiger partial charge is 0.462 e. The van der Waals surface area contributed by atoms with E-state index in [0.29, 0.717) is 32.5 Å². The predicted octanol–water partition coefficient (Wildman–Crippen LogP) is 4.29. The van der Waals surface area contributed by atoms with Crippen LogP contribution < -0.4 is 9.47 Å². The number of aryl methyl sites for hydroxylation is 1. The van der Waals surface area contributed by atoms with Gasteiger partial charge in [-0.25, -0.2) is 4.79 Å². The van der Waals surface area contributed by atoms with E-state index in [1.807, 2.05) is 12.1 Å². The van der Waals surface area contributed by atoms with Crippen molar-refractivity contribution in [2.24, 2.45) is 0 Å². The number of esters is 2. The summed E-state index contributed by atoms with van der Waals surface area (Å²) in [7, 11) is 0. The molecule has 6 unspecified atom stereocenters. The van der Waals surface area contributed by atoms with Crippen LogP contribution in [0, 0.1) is 0 Å². The van der Waals surface area contributed by atoms with Crippen LogP contribution in [0.15, 0.2) is 42.5 Å². The normalized spacial score (nSPS) is 29.9. The van der Waals surface area contributed by atoms with Crippen molar-refractivity contribution in [2.45, 2.75) is 107 Å². The number of rotatable bonds is 11. The Hall–Kier alpha value is -2.88. The number of carbonyl (C=O) groups excluding carboxylic acids is 2. The lowest BCUT2D eigenvalue weighted by Crippen LogP contribution is -2.47. The summed E-state index contributed by atoms with van der Waals surface area (Å²) < 4.78 is 34.3. The molecule has 0 amide bonds. The zero-order chi connectivity index (χ0) is 27.2. The van der Waals surface area contributed by atoms with Crippen molar-refractivity contribution < 1.29 is 43.1 Å². The van der Waals surface area contributed by atoms with E-state index in [-0.39, 0.29) is 30.3 Å². The first-order valence-electron chi connectivity index (χ1n) is 14.0. The molecule has 4 heterocycles. The van der Waals surface area contributed by atoms with Gasteiger partial charge < -0.3 is 33.5 Å². The second kappa shape index (κ2) is 12.5. The molecule has 1 spiro atoms. The predicted molar refractivity (Wildman–Crippen MR) is 140 cm³/mol. The Bertz CT molecular complexity index is 1080. The molecular weight excluding hydrogens is 504 g/mol. The lowest BCUT2D eigenvalue weighted by molar-refractivity contribution is -0.285. The zero-order valence-corrected chi connectivity index (χ0v) is 22.4. The number of aliphatic hydroxyl groups excluding tert-OH is 1. The average molecular weight is 543 g/mol. The van der Waals surface area contributed by atoms with Crippen molar-refractivity contribution in [3.8, 4) is 11.5 Å². The third-order valence-electron chi connectivity index (χ3n) is 7.59. The summed E-state index contributed by atoms with van der Waals surface area (Å²) in [4.78, 5) is 23.4. The second-order valence-electron chi connectivity index (χ2n) is 10.8. The summed E-state index contributed by atoms with van der Waals surface area (Å²) in [6.07, 6.45) is 12.5. The fraction of sp³-hybridized carbons (Fsp3) is 0.600. The van der Waals surface area contributed by atoms with Crippen LogP contribution in [0.2, 0.25) is 0 Å². The molecule has 6 atom stereocenters. The van der Waals surface area contributed by atoms with Crippen molar-refractivity contribution in [1.29, 1.82) is 0 Å². The molecule has 212 valence electrons. The van der Waals surface area contributed by atoms with E-state index >= 15 is 0 Å². The molecule has 4 aliphatic heterocycles. The molecule has 0 saturated carbocycles. The van der Waals surface area contributed by atoms with Gasteiger partial charge in [0.2, 0.25) is 6.79 Å². The Morgan fingerprint density at radius 1 is 1.15 bits per heavy atom. The quantitative estimate of drug-likeness (QED) is 0.249. The number of unbranched alkanes of at least 4 members (excludes halogenated alkanes) is 2. The topological polar surface area (TPSA) is 110 Å². The standard InChI is InChI=1S/C30H38O9/c1-20(31)36-23(9-7-5-3-2-4-6-8-21-10-11-25-27(14-21)35-19-34-25)16-24-15-22(32)17-30(38-24)18-28-26(39-30)12-13-29(33)37-28/h2,4,10-14,22-24,26,28,32H,3,5-9,15-19H2,1H3. The van der Waals surface area contributed by atoms with Gasteiger partial charge in [-0.1, -0.05) is 18.2 Å². The molecule has 1 aromatic rings. The Morgan fingerprint density at radius 3 is 2.87 bits per heavy atom. The van der Waals surface area contributed by atoms with Crippen molar-refractivity contribution in [2.75, 3.05) is 6.79 Å². The monoisotopic (exact) mass is 542 g/mol. The van der Waals surface area contributed by atoms with Gasteiger partial charge in [-0.15, -0.1) is 0 Å². The van der Waals surface area contributed by atoms with Crippen LogP contribution in [-0.2, 0) is 35.0 Å². The molecule has 0 aliphatic carbocycles. The van der Waals surface area contributed by atoms with Gasteiger partial charge in [-0.2, -0.15) is 0 Å². The van der Waals surface area contributed by atoms with E-state index < -0.39 is 18.0 Å². The number of hydrogen-bond donors (Lipinski definition) is 1. The third kappa shape index (κ3) is 7.41. The van der Waals surface area contributed by atoms with Crippen molar-refractivity contribution in [3.63, 3.8) is 0 Å². The van der Waals surface area contributed by atoms with Crippen LogP contribution in [0.25, 0.3) is 0 Å². The van der Waals surface area contributed by atoms with Gasteiger partial charge in [-0.05, 0) is 68.7 Å². The Balaban J connectivity index is 1.04. The van der Waals surface area contributed by atoms with Gasteiger partial charge in [-0.3, -0.25) is 4.79 Å². The first-order valence-corrected chi connectivity index (χ1v) is 14.0. The van der Waals surface area contributed by atoms with E-state index in [1.165, 1.54) is 18.6 Å². The first kappa shape index (κ1) is 27.7. The summed E-state index contributed by atoms with van der Waals surface area (Å²) in [5.74, 6) is -0.0902. The van der Waals surface area contributed by atoms with E-state index in [9.17, 15) is 14.7 Å². The molecule has 0 aromatic heterocycles. The number of aliphatic hydroxyl groups is 1. The summed E-state index contributed by atoms with van der Waals surface area (Å²) in [5.41, 5.74) is 1.23. The lowest BCUT2D eigenvalue weighted by atomic mass is 9.92. The van der Waals surface area contributed by atoms with Gasteiger partial charge in [0.25, 0.3) is 0 Å². The van der Waals surface area contributed by atoms with Crippen molar-refractivity contribution >= 4 is 11.9 Å². The minimum absolute atomic E-state index is 0.291. The Kier molecular flexibility index (Phi) is 8.89. The van der Waals surface area contributed by atoms with E-state index in [1.54, 1.807) is 6.08 Å². The van der Waals surface area contributed by atoms with Crippen LogP contribution in [0.5, 0.6) is 11.5 Å². The van der Waals surface area contributed by atoms with Crippen LogP contribution in [0.1, 0.15) is 70.3 Å². The second-order valence-corrected chi connectivity index (χ2v) is 10.8. The van der Waals surface area contributed by atoms with Crippen LogP contribution in [0.4, 0.5) is 0 Å². The molecule has 0 bridgehead atoms. The minimum Gasteiger partial charge on any atom is -0.462 e. The van der Waals surface area contributed by atoms with E-state index in [2.05, 4.69) is 18.2 Å². The van der Waals surface area contributed by atoms with Crippen LogP contribution in [-0.4, -0.2) is 60.1 Å². The Morgan fingerprint density at radius 2 is 2.00 bits per heavy atom. The fourth-order valence-corrected chi connectivity index (χ4v) is 5.90. The summed E-state index contributed by atoms with van der Waals surface area (Å²) in [6.45, 7) is 1.71. The third-order valence-corrected chi connectivity index (χ3v) is 7.59. The molecule has 5 rings (SSSR count). The van der Waals surface area contributed by atoms with Gasteiger partial charge in [0, 0.05) is 32.3 Å². The molecule has 2 fully saturated rings. The van der Waals surface area contributed by atoms with E-state index in [4.69, 9.17) is 28.4 Å². The molecule has 4 aliphatic rings. The highest BCUT2D eigenvalue weighted by Gasteiger charge is 2.53. The van der Waals surface area contributed by atoms with Gasteiger partial charge in [0.1, 0.15) is 18.3 Å². The van der Waals surface area contributed by atoms with Crippen molar-refractivity contribution in [3.05, 3.63) is 48.1 Å². The fourth-order valence-electron chi connectivity index (χ4n) is 5.90. The first-order chi connectivity index (χ1) is 18.9. The molecule has 9 heteroatoms. The lowest BCUT2D eigenvalue weighted by Gasteiger charge is -2.41. The maximum atomic E-state index is 11.8. The zero-order valence-electron chi connectivity index (χ0n) is 22.4. The molecule has 0 radical (unpaired) electrons. The Labute approximate surface area is 229 Å². The molecule has 1 aromatic carbocycles. The molecule has 2 saturated heterocycles. The van der Waals surface area contributed by atoms with Gasteiger partial charge in [0.15, 0.2) is 17.3 Å². The number of ether oxygens (including phenoxy) is 6. The van der Waals surface area contributed by atoms with Crippen LogP contribution >= 0.6 is 0 Å². The van der Waals surface area contributed by atoms with E-state index in [0.717, 1.165) is 50.0 Å². The number of hydrogen-bond acceptors (Lipinski definition) is 9. The smallest absolute Gasteiger partial charge is 0.330 e. The number of carbonyl (C=O) groups is 2. The highest BCUT2D eigenvalue weighted by Crippen LogP contribution is 2.44. The number of fused-ring (bicyclic) bond motifs is 2. The SMILES string of the molecule is CC(=O)OC(CCCCC=CCCc1ccc2c(c1)OCO2)CC1CC(O)CC2(CC3OC(=O)C=CC3O2)O1. The number of allylic oxidation sites excluding steroid dienone is 2. The maximum absolute atomic E-state index is 11.8. The average Bonchev–Trinajstić information content (AvgIpc) is 3.47. The number of benzene rings is 1. The minimum atomic E-state index is -1.00. The summed E-state index contributed by atoms with van der Waals surface area (Å²) in [6, 6.07) is 6.08. The maximum Gasteiger partial charge on any atom is 0.330 e. The molecule has 1 N–H and O–H groups in total.